The molecule has 0 bridgehead atoms. The molecule has 2 aliphatic rings. The van der Waals surface area contributed by atoms with E-state index in [1.54, 1.807) is 29.2 Å². The maximum Gasteiger partial charge on any atom is 0.231 e. The van der Waals surface area contributed by atoms with Crippen molar-refractivity contribution in [2.24, 2.45) is 0 Å². The Balaban J connectivity index is 1.77. The first kappa shape index (κ1) is 22.2. The number of aryl methyl sites for hydroxylation is 1. The number of piperidine rings is 1. The number of hydrogen-bond acceptors (Lipinski definition) is 2. The zero-order valence-electron chi connectivity index (χ0n) is 18.5. The molecule has 1 fully saturated rings. The van der Waals surface area contributed by atoms with Crippen molar-refractivity contribution in [1.82, 2.24) is 0 Å². The summed E-state index contributed by atoms with van der Waals surface area (Å²) in [5, 5.41) is 0.873. The van der Waals surface area contributed by atoms with Gasteiger partial charge in [-0.05, 0) is 91.3 Å². The fourth-order valence-corrected chi connectivity index (χ4v) is 5.60. The van der Waals surface area contributed by atoms with E-state index in [9.17, 15) is 9.18 Å². The summed E-state index contributed by atoms with van der Waals surface area (Å²) in [4.78, 5) is 17.3. The van der Waals surface area contributed by atoms with Crippen molar-refractivity contribution in [3.63, 3.8) is 0 Å². The summed E-state index contributed by atoms with van der Waals surface area (Å²) < 4.78 is 13.9. The smallest absolute Gasteiger partial charge is 0.231 e. The third-order valence-corrected chi connectivity index (χ3v) is 7.26. The van der Waals surface area contributed by atoms with Crippen molar-refractivity contribution in [3.05, 3.63) is 75.5 Å². The van der Waals surface area contributed by atoms with Crippen LogP contribution in [0.1, 0.15) is 36.8 Å². The van der Waals surface area contributed by atoms with E-state index in [0.29, 0.717) is 28.6 Å². The van der Waals surface area contributed by atoms with Gasteiger partial charge < -0.3 is 4.90 Å². The Hall–Kier alpha value is -2.56. The molecule has 2 heterocycles. The minimum Gasteiger partial charge on any atom is -0.371 e. The summed E-state index contributed by atoms with van der Waals surface area (Å²) in [5.74, 6) is -0.285. The fourth-order valence-electron chi connectivity index (χ4n) is 5.03. The predicted molar refractivity (Wildman–Crippen MR) is 135 cm³/mol. The summed E-state index contributed by atoms with van der Waals surface area (Å²) in [6.07, 6.45) is 4.47. The lowest BCUT2D eigenvalue weighted by molar-refractivity contribution is -0.118. The Morgan fingerprint density at radius 3 is 2.30 bits per heavy atom. The molecule has 1 saturated heterocycles. The molecule has 3 nitrogen and oxygen atoms in total. The number of carbonyl (C=O) groups is 1. The lowest BCUT2D eigenvalue weighted by Crippen LogP contribution is -2.33. The van der Waals surface area contributed by atoms with E-state index in [0.717, 1.165) is 59.6 Å². The van der Waals surface area contributed by atoms with Crippen LogP contribution in [0.25, 0.3) is 11.1 Å². The summed E-state index contributed by atoms with van der Waals surface area (Å²) in [6.45, 7) is 3.87. The largest absolute Gasteiger partial charge is 0.371 e. The van der Waals surface area contributed by atoms with Gasteiger partial charge in [-0.3, -0.25) is 9.69 Å². The van der Waals surface area contributed by atoms with Gasteiger partial charge in [-0.15, -0.1) is 0 Å². The maximum absolute atomic E-state index is 13.9. The molecule has 5 rings (SSSR count). The van der Waals surface area contributed by atoms with Gasteiger partial charge in [-0.2, -0.15) is 0 Å². The number of fused-ring (bicyclic) bond motifs is 1. The average molecular weight is 483 g/mol. The molecule has 0 saturated carbocycles. The van der Waals surface area contributed by atoms with Gasteiger partial charge in [0, 0.05) is 25.2 Å². The number of amides is 1. The first-order valence-corrected chi connectivity index (χ1v) is 12.1. The number of para-hydroxylation sites is 1. The third-order valence-electron chi connectivity index (χ3n) is 6.65. The summed E-state index contributed by atoms with van der Waals surface area (Å²) in [7, 11) is 0. The van der Waals surface area contributed by atoms with Crippen molar-refractivity contribution in [1.29, 1.82) is 0 Å². The van der Waals surface area contributed by atoms with Gasteiger partial charge in [-0.1, -0.05) is 35.3 Å². The van der Waals surface area contributed by atoms with Crippen molar-refractivity contribution >= 4 is 46.2 Å². The fraction of sp³-hybridized carbons (Fsp3) is 0.296. The number of nitrogens with zero attached hydrogens (tertiary/aromatic N) is 2. The maximum atomic E-state index is 13.9. The molecule has 0 atom stereocenters. The highest BCUT2D eigenvalue weighted by molar-refractivity contribution is 6.40. The quantitative estimate of drug-likeness (QED) is 0.381. The van der Waals surface area contributed by atoms with Gasteiger partial charge in [0.2, 0.25) is 5.91 Å². The third kappa shape index (κ3) is 4.11. The molecule has 3 aromatic rings. The Labute approximate surface area is 203 Å². The summed E-state index contributed by atoms with van der Waals surface area (Å²) in [5.41, 5.74) is 6.33. The van der Waals surface area contributed by atoms with Crippen LogP contribution in [0, 0.1) is 12.7 Å². The van der Waals surface area contributed by atoms with E-state index in [1.165, 1.54) is 12.5 Å². The predicted octanol–water partition coefficient (Wildman–Crippen LogP) is 7.71. The molecule has 2 aliphatic heterocycles. The first-order chi connectivity index (χ1) is 15.9. The molecule has 0 radical (unpaired) electrons. The molecule has 0 spiro atoms. The van der Waals surface area contributed by atoms with E-state index in [-0.39, 0.29) is 11.7 Å². The van der Waals surface area contributed by atoms with Crippen LogP contribution in [-0.2, 0) is 11.2 Å². The van der Waals surface area contributed by atoms with Gasteiger partial charge in [0.1, 0.15) is 5.82 Å². The lowest BCUT2D eigenvalue weighted by atomic mass is 9.88. The van der Waals surface area contributed by atoms with E-state index < -0.39 is 0 Å². The lowest BCUT2D eigenvalue weighted by Gasteiger charge is -2.35. The molecule has 0 unspecified atom stereocenters. The number of carbonyl (C=O) groups excluding carboxylic acids is 1. The zero-order chi connectivity index (χ0) is 23.1. The molecular formula is C27H25Cl2FN2O. The molecule has 33 heavy (non-hydrogen) atoms. The molecule has 0 N–H and O–H groups in total. The Kier molecular flexibility index (Phi) is 6.07. The van der Waals surface area contributed by atoms with Crippen LogP contribution >= 0.6 is 23.2 Å². The SMILES string of the molecule is Cc1cc(F)ccc1-c1cc(N2CCCCC2)cc2c1CCC(=O)N2c1c(Cl)cccc1Cl. The highest BCUT2D eigenvalue weighted by atomic mass is 35.5. The van der Waals surface area contributed by atoms with E-state index in [1.807, 2.05) is 13.0 Å². The van der Waals surface area contributed by atoms with E-state index in [2.05, 4.69) is 17.0 Å². The molecule has 0 aliphatic carbocycles. The minimum atomic E-state index is -0.253. The number of halogens is 3. The number of anilines is 3. The first-order valence-electron chi connectivity index (χ1n) is 11.4. The molecule has 3 aromatic carbocycles. The average Bonchev–Trinajstić information content (AvgIpc) is 2.80. The van der Waals surface area contributed by atoms with Crippen LogP contribution in [0.4, 0.5) is 21.5 Å². The van der Waals surface area contributed by atoms with Crippen molar-refractivity contribution < 1.29 is 9.18 Å². The van der Waals surface area contributed by atoms with Gasteiger partial charge in [0.15, 0.2) is 0 Å². The summed E-state index contributed by atoms with van der Waals surface area (Å²) in [6, 6.07) is 14.5. The van der Waals surface area contributed by atoms with Crippen LogP contribution in [0.15, 0.2) is 48.5 Å². The van der Waals surface area contributed by atoms with Gasteiger partial charge >= 0.3 is 0 Å². The normalized spacial score (nSPS) is 16.2. The Morgan fingerprint density at radius 1 is 0.879 bits per heavy atom. The van der Waals surface area contributed by atoms with Crippen molar-refractivity contribution in [2.75, 3.05) is 22.9 Å². The topological polar surface area (TPSA) is 23.6 Å². The van der Waals surface area contributed by atoms with Gasteiger partial charge in [-0.25, -0.2) is 4.39 Å². The molecule has 170 valence electrons. The van der Waals surface area contributed by atoms with Crippen molar-refractivity contribution in [3.8, 4) is 11.1 Å². The van der Waals surface area contributed by atoms with Gasteiger partial charge in [0.05, 0.1) is 21.4 Å². The van der Waals surface area contributed by atoms with Crippen LogP contribution in [0.5, 0.6) is 0 Å². The Morgan fingerprint density at radius 2 is 1.61 bits per heavy atom. The highest BCUT2D eigenvalue weighted by Gasteiger charge is 2.32. The number of rotatable bonds is 3. The minimum absolute atomic E-state index is 0.0323. The zero-order valence-corrected chi connectivity index (χ0v) is 20.0. The number of benzene rings is 3. The second-order valence-electron chi connectivity index (χ2n) is 8.80. The van der Waals surface area contributed by atoms with Crippen LogP contribution in [0.3, 0.4) is 0 Å². The Bertz CT molecular complexity index is 1220. The molecular weight excluding hydrogens is 458 g/mol. The molecule has 6 heteroatoms. The summed E-state index contributed by atoms with van der Waals surface area (Å²) >= 11 is 13.1. The van der Waals surface area contributed by atoms with Crippen LogP contribution < -0.4 is 9.80 Å². The van der Waals surface area contributed by atoms with Gasteiger partial charge in [0.25, 0.3) is 0 Å². The van der Waals surface area contributed by atoms with Crippen LogP contribution in [0.2, 0.25) is 10.0 Å². The molecule has 1 amide bonds. The van der Waals surface area contributed by atoms with Crippen molar-refractivity contribution in [2.45, 2.75) is 39.0 Å². The monoisotopic (exact) mass is 482 g/mol. The number of hydrogen-bond donors (Lipinski definition) is 0. The van der Waals surface area contributed by atoms with E-state index in [4.69, 9.17) is 23.2 Å². The highest BCUT2D eigenvalue weighted by Crippen LogP contribution is 2.47. The second-order valence-corrected chi connectivity index (χ2v) is 9.61. The molecule has 0 aromatic heterocycles. The second kappa shape index (κ2) is 9.00. The van der Waals surface area contributed by atoms with E-state index >= 15 is 0 Å². The standard InChI is InChI=1S/C27H25Cl2FN2O/c1-17-14-18(30)8-9-20(17)22-15-19(31-12-3-2-4-13-31)16-25-21(22)10-11-26(33)32(25)27-23(28)6-5-7-24(27)29/h5-9,14-16H,2-4,10-13H2,1H3. The van der Waals surface area contributed by atoms with Crippen LogP contribution in [-0.4, -0.2) is 19.0 Å².